The van der Waals surface area contributed by atoms with Crippen molar-refractivity contribution in [1.82, 2.24) is 4.72 Å². The molecule has 0 bridgehead atoms. The van der Waals surface area contributed by atoms with E-state index in [4.69, 9.17) is 39.9 Å². The molecule has 5 nitrogen and oxygen atoms in total. The molecule has 0 saturated carbocycles. The van der Waals surface area contributed by atoms with Gasteiger partial charge in [-0.15, -0.1) is 0 Å². The highest BCUT2D eigenvalue weighted by Crippen LogP contribution is 2.35. The van der Waals surface area contributed by atoms with E-state index in [1.54, 1.807) is 36.4 Å². The van der Waals surface area contributed by atoms with Crippen molar-refractivity contribution in [3.63, 3.8) is 0 Å². The molecule has 2 aromatic carbocycles. The zero-order valence-electron chi connectivity index (χ0n) is 12.4. The number of nitrogens with one attached hydrogen (secondary N) is 2. The molecule has 3 N–H and O–H groups in total. The van der Waals surface area contributed by atoms with Gasteiger partial charge in [-0.25, -0.2) is 13.1 Å². The number of rotatable bonds is 7. The van der Waals surface area contributed by atoms with Gasteiger partial charge in [0.05, 0.1) is 28.1 Å². The van der Waals surface area contributed by atoms with Gasteiger partial charge in [0, 0.05) is 17.3 Å². The van der Waals surface area contributed by atoms with E-state index in [9.17, 15) is 8.42 Å². The molecule has 24 heavy (non-hydrogen) atoms. The molecule has 2 rings (SSSR count). The Bertz CT molecular complexity index is 805. The van der Waals surface area contributed by atoms with Crippen LogP contribution in [0.3, 0.4) is 0 Å². The lowest BCUT2D eigenvalue weighted by atomic mass is 10.2. The van der Waals surface area contributed by atoms with Gasteiger partial charge in [-0.05, 0) is 29.8 Å². The van der Waals surface area contributed by atoms with Crippen molar-refractivity contribution >= 4 is 56.2 Å². The van der Waals surface area contributed by atoms with E-state index in [2.05, 4.69) is 10.0 Å². The average molecular weight is 410 g/mol. The zero-order chi connectivity index (χ0) is 17.7. The monoisotopic (exact) mass is 408 g/mol. The first-order chi connectivity index (χ1) is 11.3. The Hall–Kier alpha value is -1.02. The number of aliphatic hydroxyl groups is 1. The fourth-order valence-corrected chi connectivity index (χ4v) is 4.05. The summed E-state index contributed by atoms with van der Waals surface area (Å²) in [4.78, 5) is 0. The van der Waals surface area contributed by atoms with Gasteiger partial charge in [-0.1, -0.05) is 46.9 Å². The Balaban J connectivity index is 2.20. The van der Waals surface area contributed by atoms with E-state index >= 15 is 0 Å². The normalized spacial score (nSPS) is 11.5. The molecule has 0 radical (unpaired) electrons. The molecule has 0 saturated heterocycles. The third-order valence-corrected chi connectivity index (χ3v) is 5.17. The molecule has 0 aromatic heterocycles. The molecule has 2 aromatic rings. The summed E-state index contributed by atoms with van der Waals surface area (Å²) in [7, 11) is -3.52. The first kappa shape index (κ1) is 19.3. The predicted molar refractivity (Wildman–Crippen MR) is 98.9 cm³/mol. The van der Waals surface area contributed by atoms with Gasteiger partial charge in [0.25, 0.3) is 0 Å². The van der Waals surface area contributed by atoms with Gasteiger partial charge in [-0.3, -0.25) is 0 Å². The van der Waals surface area contributed by atoms with E-state index in [-0.39, 0.29) is 18.9 Å². The first-order valence-corrected chi connectivity index (χ1v) is 9.68. The summed E-state index contributed by atoms with van der Waals surface area (Å²) >= 11 is 18.1. The van der Waals surface area contributed by atoms with Crippen LogP contribution in [-0.4, -0.2) is 26.7 Å². The largest absolute Gasteiger partial charge is 0.395 e. The van der Waals surface area contributed by atoms with E-state index in [1.165, 1.54) is 0 Å². The Morgan fingerprint density at radius 3 is 2.33 bits per heavy atom. The SMILES string of the molecule is O=S(=O)(Cc1cccc(Nc2c(Cl)cc(Cl)cc2Cl)c1)NCCO. The van der Waals surface area contributed by atoms with Crippen LogP contribution in [0.1, 0.15) is 5.56 Å². The number of halogens is 3. The Morgan fingerprint density at radius 2 is 1.71 bits per heavy atom. The smallest absolute Gasteiger partial charge is 0.215 e. The second-order valence-corrected chi connectivity index (χ2v) is 8.00. The van der Waals surface area contributed by atoms with Crippen molar-refractivity contribution in [1.29, 1.82) is 0 Å². The number of anilines is 2. The van der Waals surface area contributed by atoms with Crippen LogP contribution in [0.4, 0.5) is 11.4 Å². The van der Waals surface area contributed by atoms with Crippen LogP contribution in [0.2, 0.25) is 15.1 Å². The second kappa shape index (κ2) is 8.38. The Morgan fingerprint density at radius 1 is 1.04 bits per heavy atom. The number of hydrogen-bond acceptors (Lipinski definition) is 4. The standard InChI is InChI=1S/C15H15Cl3N2O3S/c16-11-7-13(17)15(14(18)8-11)20-12-3-1-2-10(6-12)9-24(22,23)19-4-5-21/h1-3,6-8,19-21H,4-5,9H2. The summed E-state index contributed by atoms with van der Waals surface area (Å²) in [5.41, 5.74) is 1.70. The molecule has 0 heterocycles. The fraction of sp³-hybridized carbons (Fsp3) is 0.200. The van der Waals surface area contributed by atoms with E-state index in [1.807, 2.05) is 0 Å². The molecule has 9 heteroatoms. The summed E-state index contributed by atoms with van der Waals surface area (Å²) in [5, 5.41) is 12.9. The second-order valence-electron chi connectivity index (χ2n) is 4.95. The maximum atomic E-state index is 11.9. The molecule has 0 unspecified atom stereocenters. The summed E-state index contributed by atoms with van der Waals surface area (Å²) in [6.07, 6.45) is 0. The van der Waals surface area contributed by atoms with Crippen LogP contribution < -0.4 is 10.0 Å². The highest BCUT2D eigenvalue weighted by Gasteiger charge is 2.12. The number of aliphatic hydroxyl groups excluding tert-OH is 1. The Kier molecular flexibility index (Phi) is 6.74. The van der Waals surface area contributed by atoms with Crippen molar-refractivity contribution in [3.05, 3.63) is 57.0 Å². The molecule has 0 spiro atoms. The lowest BCUT2D eigenvalue weighted by Gasteiger charge is -2.12. The van der Waals surface area contributed by atoms with Gasteiger partial charge in [-0.2, -0.15) is 0 Å². The highest BCUT2D eigenvalue weighted by atomic mass is 35.5. The topological polar surface area (TPSA) is 78.4 Å². The van der Waals surface area contributed by atoms with Crippen molar-refractivity contribution in [2.75, 3.05) is 18.5 Å². The third kappa shape index (κ3) is 5.51. The lowest BCUT2D eigenvalue weighted by Crippen LogP contribution is -2.27. The number of sulfonamides is 1. The maximum Gasteiger partial charge on any atom is 0.215 e. The molecule has 0 aliphatic carbocycles. The molecular formula is C15H15Cl3N2O3S. The zero-order valence-corrected chi connectivity index (χ0v) is 15.5. The van der Waals surface area contributed by atoms with Crippen LogP contribution in [0, 0.1) is 0 Å². The van der Waals surface area contributed by atoms with Gasteiger partial charge in [0.1, 0.15) is 0 Å². The number of benzene rings is 2. The molecule has 0 aliphatic rings. The lowest BCUT2D eigenvalue weighted by molar-refractivity contribution is 0.301. The third-order valence-electron chi connectivity index (χ3n) is 2.99. The van der Waals surface area contributed by atoms with Crippen molar-refractivity contribution < 1.29 is 13.5 Å². The minimum Gasteiger partial charge on any atom is -0.395 e. The summed E-state index contributed by atoms with van der Waals surface area (Å²) in [6.45, 7) is -0.273. The first-order valence-electron chi connectivity index (χ1n) is 6.89. The molecule has 0 fully saturated rings. The van der Waals surface area contributed by atoms with E-state index in [0.717, 1.165) is 0 Å². The molecule has 0 aliphatic heterocycles. The quantitative estimate of drug-likeness (QED) is 0.650. The van der Waals surface area contributed by atoms with Crippen LogP contribution in [0.15, 0.2) is 36.4 Å². The maximum absolute atomic E-state index is 11.9. The minimum atomic E-state index is -3.52. The van der Waals surface area contributed by atoms with Gasteiger partial charge in [0.2, 0.25) is 10.0 Å². The van der Waals surface area contributed by atoms with Crippen molar-refractivity contribution in [2.45, 2.75) is 5.75 Å². The van der Waals surface area contributed by atoms with E-state index < -0.39 is 10.0 Å². The number of hydrogen-bond donors (Lipinski definition) is 3. The van der Waals surface area contributed by atoms with Crippen molar-refractivity contribution in [2.24, 2.45) is 0 Å². The minimum absolute atomic E-state index is 0.0176. The summed E-state index contributed by atoms with van der Waals surface area (Å²) < 4.78 is 26.0. The Labute approximate surface area is 155 Å². The van der Waals surface area contributed by atoms with Crippen molar-refractivity contribution in [3.8, 4) is 0 Å². The molecular weight excluding hydrogens is 395 g/mol. The molecule has 0 atom stereocenters. The summed E-state index contributed by atoms with van der Waals surface area (Å²) in [6, 6.07) is 9.97. The van der Waals surface area contributed by atoms with Gasteiger partial charge < -0.3 is 10.4 Å². The molecule has 0 amide bonds. The van der Waals surface area contributed by atoms with Crippen LogP contribution in [0.25, 0.3) is 0 Å². The fourth-order valence-electron chi connectivity index (χ4n) is 2.02. The molecule has 130 valence electrons. The van der Waals surface area contributed by atoms with Crippen LogP contribution in [-0.2, 0) is 15.8 Å². The van der Waals surface area contributed by atoms with Crippen LogP contribution >= 0.6 is 34.8 Å². The van der Waals surface area contributed by atoms with Gasteiger partial charge in [0.15, 0.2) is 0 Å². The van der Waals surface area contributed by atoms with Crippen LogP contribution in [0.5, 0.6) is 0 Å². The predicted octanol–water partition coefficient (Wildman–Crippen LogP) is 3.80. The average Bonchev–Trinajstić information content (AvgIpc) is 2.49. The summed E-state index contributed by atoms with van der Waals surface area (Å²) in [5.74, 6) is -0.204. The highest BCUT2D eigenvalue weighted by molar-refractivity contribution is 7.88. The van der Waals surface area contributed by atoms with E-state index in [0.29, 0.717) is 32.0 Å². The van der Waals surface area contributed by atoms with Gasteiger partial charge >= 0.3 is 0 Å².